The number of nitrogens with one attached hydrogen (secondary N) is 2. The van der Waals surface area contributed by atoms with E-state index in [1.54, 1.807) is 44.2 Å². The lowest BCUT2D eigenvalue weighted by Crippen LogP contribution is -2.46. The lowest BCUT2D eigenvalue weighted by molar-refractivity contribution is -0.122. The van der Waals surface area contributed by atoms with Gasteiger partial charge in [0, 0.05) is 25.3 Å². The molecule has 1 aliphatic carbocycles. The van der Waals surface area contributed by atoms with E-state index < -0.39 is 41.3 Å². The Balaban J connectivity index is 1.37. The fourth-order valence-corrected chi connectivity index (χ4v) is 5.08. The SMILES string of the molecule is COC(=O)Nc1cnc(-c2ccccc2)n(CC(=O)NC(C(=O)c2nnc(C3(c4ccc(N(C)C)cc4)CC3)o2)C(C)C)c1=O. The number of carbonyl (C=O) groups is 3. The second kappa shape index (κ2) is 12.7. The van der Waals surface area contributed by atoms with Crippen molar-refractivity contribution in [2.24, 2.45) is 5.92 Å². The highest BCUT2D eigenvalue weighted by Crippen LogP contribution is 2.53. The van der Waals surface area contributed by atoms with Crippen molar-refractivity contribution in [3.63, 3.8) is 0 Å². The van der Waals surface area contributed by atoms with Crippen LogP contribution in [-0.4, -0.2) is 64.8 Å². The molecule has 13 nitrogen and oxygen atoms in total. The van der Waals surface area contributed by atoms with Crippen LogP contribution in [0.2, 0.25) is 0 Å². The average molecular weight is 614 g/mol. The highest BCUT2D eigenvalue weighted by atomic mass is 16.5. The lowest BCUT2D eigenvalue weighted by Gasteiger charge is -2.21. The number of ketones is 1. The lowest BCUT2D eigenvalue weighted by atomic mass is 9.95. The summed E-state index contributed by atoms with van der Waals surface area (Å²) in [6, 6.07) is 15.9. The van der Waals surface area contributed by atoms with Crippen LogP contribution in [0.25, 0.3) is 11.4 Å². The first-order chi connectivity index (χ1) is 21.5. The van der Waals surface area contributed by atoms with Gasteiger partial charge in [-0.15, -0.1) is 10.2 Å². The van der Waals surface area contributed by atoms with E-state index in [4.69, 9.17) is 4.42 Å². The van der Waals surface area contributed by atoms with Crippen molar-refractivity contribution in [1.29, 1.82) is 0 Å². The molecule has 4 aromatic rings. The maximum absolute atomic E-state index is 13.6. The average Bonchev–Trinajstić information content (AvgIpc) is 3.70. The van der Waals surface area contributed by atoms with Gasteiger partial charge >= 0.3 is 6.09 Å². The molecule has 1 saturated carbocycles. The predicted octanol–water partition coefficient (Wildman–Crippen LogP) is 3.64. The van der Waals surface area contributed by atoms with E-state index in [1.165, 1.54) is 6.20 Å². The Morgan fingerprint density at radius 1 is 1.04 bits per heavy atom. The van der Waals surface area contributed by atoms with Gasteiger partial charge in [0.25, 0.3) is 11.4 Å². The minimum atomic E-state index is -1.01. The number of ether oxygens (including phenoxy) is 1. The summed E-state index contributed by atoms with van der Waals surface area (Å²) < 4.78 is 11.7. The van der Waals surface area contributed by atoms with E-state index in [0.29, 0.717) is 11.5 Å². The summed E-state index contributed by atoms with van der Waals surface area (Å²) in [6.07, 6.45) is 1.96. The number of Topliss-reactive ketones (excluding diaryl/α,β-unsaturated/α-hetero) is 1. The van der Waals surface area contributed by atoms with Gasteiger partial charge < -0.3 is 19.4 Å². The van der Waals surface area contributed by atoms with Gasteiger partial charge in [-0.05, 0) is 36.5 Å². The number of anilines is 2. The highest BCUT2D eigenvalue weighted by Gasteiger charge is 2.51. The van der Waals surface area contributed by atoms with Crippen molar-refractivity contribution in [3.05, 3.63) is 88.5 Å². The molecule has 0 radical (unpaired) electrons. The van der Waals surface area contributed by atoms with Crippen molar-refractivity contribution in [2.75, 3.05) is 31.4 Å². The van der Waals surface area contributed by atoms with Crippen LogP contribution in [0.4, 0.5) is 16.2 Å². The number of nitrogens with zero attached hydrogens (tertiary/aromatic N) is 5. The Morgan fingerprint density at radius 3 is 2.33 bits per heavy atom. The molecule has 2 heterocycles. The summed E-state index contributed by atoms with van der Waals surface area (Å²) in [4.78, 5) is 58.5. The summed E-state index contributed by atoms with van der Waals surface area (Å²) in [5.41, 5.74) is 1.38. The molecule has 13 heteroatoms. The second-order valence-corrected chi connectivity index (χ2v) is 11.5. The van der Waals surface area contributed by atoms with Gasteiger partial charge in [0.1, 0.15) is 18.1 Å². The quantitative estimate of drug-likeness (QED) is 0.239. The third kappa shape index (κ3) is 6.47. The summed E-state index contributed by atoms with van der Waals surface area (Å²) in [5, 5.41) is 13.3. The molecule has 0 bridgehead atoms. The zero-order valence-corrected chi connectivity index (χ0v) is 25.7. The maximum Gasteiger partial charge on any atom is 0.411 e. The van der Waals surface area contributed by atoms with Crippen LogP contribution in [-0.2, 0) is 21.5 Å². The van der Waals surface area contributed by atoms with Gasteiger partial charge in [0.05, 0.1) is 24.8 Å². The van der Waals surface area contributed by atoms with Crippen molar-refractivity contribution in [1.82, 2.24) is 25.1 Å². The van der Waals surface area contributed by atoms with Crippen LogP contribution in [0.5, 0.6) is 0 Å². The number of benzene rings is 2. The predicted molar refractivity (Wildman–Crippen MR) is 166 cm³/mol. The van der Waals surface area contributed by atoms with Gasteiger partial charge in [-0.2, -0.15) is 0 Å². The first kappa shape index (κ1) is 31.1. The van der Waals surface area contributed by atoms with Gasteiger partial charge in [-0.3, -0.25) is 24.3 Å². The summed E-state index contributed by atoms with van der Waals surface area (Å²) in [5.74, 6) is -1.15. The molecule has 0 spiro atoms. The normalized spacial score (nSPS) is 14.0. The third-order valence-electron chi connectivity index (χ3n) is 7.80. The zero-order chi connectivity index (χ0) is 32.3. The van der Waals surface area contributed by atoms with Crippen LogP contribution in [0.15, 0.2) is 70.0 Å². The van der Waals surface area contributed by atoms with Gasteiger partial charge in [0.15, 0.2) is 0 Å². The minimum Gasteiger partial charge on any atom is -0.453 e. The monoisotopic (exact) mass is 613 g/mol. The maximum atomic E-state index is 13.6. The summed E-state index contributed by atoms with van der Waals surface area (Å²) in [6.45, 7) is 3.07. The molecule has 2 amide bonds. The van der Waals surface area contributed by atoms with Crippen LogP contribution < -0.4 is 21.1 Å². The molecule has 2 N–H and O–H groups in total. The molecule has 1 unspecified atom stereocenters. The smallest absolute Gasteiger partial charge is 0.411 e. The number of carbonyl (C=O) groups excluding carboxylic acids is 3. The van der Waals surface area contributed by atoms with E-state index in [0.717, 1.165) is 35.8 Å². The zero-order valence-electron chi connectivity index (χ0n) is 25.7. The molecule has 5 rings (SSSR count). The summed E-state index contributed by atoms with van der Waals surface area (Å²) in [7, 11) is 5.10. The summed E-state index contributed by atoms with van der Waals surface area (Å²) >= 11 is 0. The Labute approximate surface area is 259 Å². The van der Waals surface area contributed by atoms with Crippen molar-refractivity contribution < 1.29 is 23.5 Å². The second-order valence-electron chi connectivity index (χ2n) is 11.5. The fraction of sp³-hybridized carbons (Fsp3) is 0.344. The molecule has 1 aliphatic rings. The van der Waals surface area contributed by atoms with Gasteiger partial charge in [-0.1, -0.05) is 56.3 Å². The van der Waals surface area contributed by atoms with Crippen molar-refractivity contribution in [3.8, 4) is 11.4 Å². The molecular formula is C32H35N7O6. The number of rotatable bonds is 11. The Kier molecular flexibility index (Phi) is 8.80. The molecule has 45 heavy (non-hydrogen) atoms. The number of amides is 2. The molecule has 0 saturated heterocycles. The topological polar surface area (TPSA) is 162 Å². The van der Waals surface area contributed by atoms with E-state index in [-0.39, 0.29) is 23.3 Å². The number of hydrogen-bond donors (Lipinski definition) is 2. The van der Waals surface area contributed by atoms with Crippen LogP contribution in [0.3, 0.4) is 0 Å². The van der Waals surface area contributed by atoms with E-state index in [9.17, 15) is 19.2 Å². The van der Waals surface area contributed by atoms with Gasteiger partial charge in [-0.25, -0.2) is 9.78 Å². The molecular weight excluding hydrogens is 578 g/mol. The molecule has 2 aromatic carbocycles. The Morgan fingerprint density at radius 2 is 1.73 bits per heavy atom. The third-order valence-corrected chi connectivity index (χ3v) is 7.80. The Hall–Kier alpha value is -5.33. The molecule has 0 aliphatic heterocycles. The Bertz CT molecular complexity index is 1760. The van der Waals surface area contributed by atoms with Crippen LogP contribution in [0.1, 0.15) is 48.8 Å². The largest absolute Gasteiger partial charge is 0.453 e. The molecule has 1 fully saturated rings. The molecule has 1 atom stereocenters. The number of hydrogen-bond acceptors (Lipinski definition) is 10. The van der Waals surface area contributed by atoms with Crippen LogP contribution in [0, 0.1) is 5.92 Å². The number of aromatic nitrogens is 4. The molecule has 2 aromatic heterocycles. The molecule has 234 valence electrons. The van der Waals surface area contributed by atoms with Crippen LogP contribution >= 0.6 is 0 Å². The first-order valence-corrected chi connectivity index (χ1v) is 14.5. The number of methoxy groups -OCH3 is 1. The highest BCUT2D eigenvalue weighted by molar-refractivity contribution is 5.98. The fourth-order valence-electron chi connectivity index (χ4n) is 5.08. The minimum absolute atomic E-state index is 0.172. The van der Waals surface area contributed by atoms with Gasteiger partial charge in [0.2, 0.25) is 17.6 Å². The van der Waals surface area contributed by atoms with E-state index >= 15 is 0 Å². The van der Waals surface area contributed by atoms with E-state index in [2.05, 4.69) is 30.6 Å². The van der Waals surface area contributed by atoms with Crippen molar-refractivity contribution in [2.45, 2.75) is 44.7 Å². The first-order valence-electron chi connectivity index (χ1n) is 14.5. The standard InChI is InChI=1S/C32H35N7O6/c1-19(2)25(26(41)28-36-37-30(45-28)32(15-16-32)21-11-13-22(14-12-21)38(3)4)35-24(40)18-39-27(20-9-7-6-8-10-20)33-17-23(29(39)42)34-31(43)44-5/h6-14,17,19,25H,15-16,18H2,1-5H3,(H,34,43)(H,35,40). The van der Waals surface area contributed by atoms with E-state index in [1.807, 2.05) is 43.3 Å². The van der Waals surface area contributed by atoms with Crippen molar-refractivity contribution >= 4 is 29.2 Å².